The molecule has 1 aromatic heterocycles. The fourth-order valence-electron chi connectivity index (χ4n) is 1.67. The molecule has 0 radical (unpaired) electrons. The molecule has 1 fully saturated rings. The minimum atomic E-state index is -3.08. The van der Waals surface area contributed by atoms with Crippen LogP contribution in [0.5, 0.6) is 0 Å². The van der Waals surface area contributed by atoms with Crippen molar-refractivity contribution in [2.24, 2.45) is 0 Å². The maximum Gasteiger partial charge on any atom is 0.154 e. The average molecular weight is 231 g/mol. The molecular weight excluding hydrogens is 218 g/mol. The predicted molar refractivity (Wildman–Crippen MR) is 54.0 cm³/mol. The van der Waals surface area contributed by atoms with Crippen molar-refractivity contribution in [3.05, 3.63) is 24.2 Å². The van der Waals surface area contributed by atoms with E-state index in [1.165, 1.54) is 0 Å². The molecule has 6 heteroatoms. The molecule has 2 heterocycles. The first-order valence-corrected chi connectivity index (χ1v) is 6.53. The summed E-state index contributed by atoms with van der Waals surface area (Å²) in [5, 5.41) is 12.4. The largest absolute Gasteiger partial charge is 0.468 e. The van der Waals surface area contributed by atoms with Crippen LogP contribution in [0.25, 0.3) is 0 Å². The number of hydrogen-bond donors (Lipinski definition) is 2. The highest BCUT2D eigenvalue weighted by atomic mass is 32.2. The smallest absolute Gasteiger partial charge is 0.154 e. The normalized spacial score (nSPS) is 29.4. The van der Waals surface area contributed by atoms with Crippen molar-refractivity contribution in [2.75, 3.05) is 11.5 Å². The summed E-state index contributed by atoms with van der Waals surface area (Å²) in [5.74, 6) is 0.573. The minimum absolute atomic E-state index is 0.00508. The summed E-state index contributed by atoms with van der Waals surface area (Å²) in [7, 11) is -3.08. The second-order valence-electron chi connectivity index (χ2n) is 3.71. The van der Waals surface area contributed by atoms with Gasteiger partial charge in [0, 0.05) is 6.04 Å². The molecule has 2 rings (SSSR count). The van der Waals surface area contributed by atoms with Crippen molar-refractivity contribution >= 4 is 9.84 Å². The van der Waals surface area contributed by atoms with Crippen LogP contribution in [0.1, 0.15) is 5.76 Å². The van der Waals surface area contributed by atoms with Gasteiger partial charge in [-0.15, -0.1) is 0 Å². The van der Waals surface area contributed by atoms with E-state index in [2.05, 4.69) is 5.32 Å². The van der Waals surface area contributed by atoms with Crippen LogP contribution in [0.4, 0.5) is 0 Å². The summed E-state index contributed by atoms with van der Waals surface area (Å²) < 4.78 is 27.5. The summed E-state index contributed by atoms with van der Waals surface area (Å²) >= 11 is 0. The first kappa shape index (κ1) is 10.7. The Bertz CT molecular complexity index is 411. The zero-order valence-corrected chi connectivity index (χ0v) is 8.90. The Hall–Kier alpha value is -0.850. The van der Waals surface area contributed by atoms with Crippen LogP contribution in [0.2, 0.25) is 0 Å². The van der Waals surface area contributed by atoms with Gasteiger partial charge in [-0.1, -0.05) is 0 Å². The monoisotopic (exact) mass is 231 g/mol. The van der Waals surface area contributed by atoms with Crippen molar-refractivity contribution in [2.45, 2.75) is 18.7 Å². The van der Waals surface area contributed by atoms with Gasteiger partial charge in [-0.3, -0.25) is 0 Å². The molecule has 15 heavy (non-hydrogen) atoms. The van der Waals surface area contributed by atoms with Gasteiger partial charge in [0.05, 0.1) is 30.4 Å². The van der Waals surface area contributed by atoms with Crippen LogP contribution < -0.4 is 5.32 Å². The molecule has 0 aliphatic carbocycles. The topological polar surface area (TPSA) is 79.5 Å². The van der Waals surface area contributed by atoms with E-state index >= 15 is 0 Å². The Morgan fingerprint density at radius 1 is 1.53 bits per heavy atom. The Kier molecular flexibility index (Phi) is 2.81. The van der Waals surface area contributed by atoms with E-state index in [1.54, 1.807) is 18.4 Å². The molecule has 1 aromatic rings. The Balaban J connectivity index is 1.91. The average Bonchev–Trinajstić information content (AvgIpc) is 2.70. The molecule has 2 atom stereocenters. The lowest BCUT2D eigenvalue weighted by Gasteiger charge is -2.13. The highest BCUT2D eigenvalue weighted by Crippen LogP contribution is 2.13. The number of rotatable bonds is 3. The lowest BCUT2D eigenvalue weighted by molar-refractivity contribution is 0.164. The van der Waals surface area contributed by atoms with Gasteiger partial charge < -0.3 is 14.8 Å². The quantitative estimate of drug-likeness (QED) is 0.735. The molecule has 0 saturated carbocycles. The maximum absolute atomic E-state index is 11.2. The molecule has 0 amide bonds. The molecule has 0 bridgehead atoms. The van der Waals surface area contributed by atoms with Gasteiger partial charge in [0.25, 0.3) is 0 Å². The number of furan rings is 1. The molecule has 1 saturated heterocycles. The van der Waals surface area contributed by atoms with Gasteiger partial charge in [-0.05, 0) is 12.1 Å². The molecule has 84 valence electrons. The van der Waals surface area contributed by atoms with Crippen molar-refractivity contribution in [1.29, 1.82) is 0 Å². The fraction of sp³-hybridized carbons (Fsp3) is 0.556. The van der Waals surface area contributed by atoms with E-state index in [0.29, 0.717) is 6.54 Å². The lowest BCUT2D eigenvalue weighted by Crippen LogP contribution is -2.38. The van der Waals surface area contributed by atoms with E-state index in [-0.39, 0.29) is 17.5 Å². The van der Waals surface area contributed by atoms with Gasteiger partial charge in [0.1, 0.15) is 5.76 Å². The third kappa shape index (κ3) is 2.58. The Morgan fingerprint density at radius 2 is 2.33 bits per heavy atom. The summed E-state index contributed by atoms with van der Waals surface area (Å²) in [6.07, 6.45) is 0.740. The number of aliphatic hydroxyl groups is 1. The van der Waals surface area contributed by atoms with Crippen molar-refractivity contribution in [3.8, 4) is 0 Å². The standard InChI is InChI=1S/C9H13NO4S/c11-9-6-15(12,13)5-8(9)10-4-7-2-1-3-14-7/h1-3,8-11H,4-6H2/t8-,9+/m1/s1. The second-order valence-corrected chi connectivity index (χ2v) is 5.86. The van der Waals surface area contributed by atoms with E-state index in [4.69, 9.17) is 4.42 Å². The molecular formula is C9H13NO4S. The summed E-state index contributed by atoms with van der Waals surface area (Å²) in [5.41, 5.74) is 0. The molecule has 5 nitrogen and oxygen atoms in total. The van der Waals surface area contributed by atoms with Crippen molar-refractivity contribution < 1.29 is 17.9 Å². The van der Waals surface area contributed by atoms with Gasteiger partial charge >= 0.3 is 0 Å². The Morgan fingerprint density at radius 3 is 2.87 bits per heavy atom. The summed E-state index contributed by atoms with van der Waals surface area (Å²) in [6.45, 7) is 0.435. The first-order valence-electron chi connectivity index (χ1n) is 4.71. The van der Waals surface area contributed by atoms with Crippen LogP contribution in [0, 0.1) is 0 Å². The van der Waals surface area contributed by atoms with Crippen LogP contribution in [0.15, 0.2) is 22.8 Å². The summed E-state index contributed by atoms with van der Waals surface area (Å²) in [6, 6.07) is 3.17. The summed E-state index contributed by atoms with van der Waals surface area (Å²) in [4.78, 5) is 0. The van der Waals surface area contributed by atoms with Crippen LogP contribution in [-0.2, 0) is 16.4 Å². The fourth-order valence-corrected chi connectivity index (χ4v) is 3.44. The first-order chi connectivity index (χ1) is 7.07. The van der Waals surface area contributed by atoms with Crippen LogP contribution in [0.3, 0.4) is 0 Å². The third-order valence-corrected chi connectivity index (χ3v) is 4.16. The Labute approximate surface area is 88.0 Å². The van der Waals surface area contributed by atoms with E-state index in [1.807, 2.05) is 0 Å². The molecule has 0 spiro atoms. The number of hydrogen-bond acceptors (Lipinski definition) is 5. The van der Waals surface area contributed by atoms with E-state index < -0.39 is 15.9 Å². The molecule has 0 unspecified atom stereocenters. The van der Waals surface area contributed by atoms with E-state index in [0.717, 1.165) is 5.76 Å². The third-order valence-electron chi connectivity index (χ3n) is 2.44. The molecule has 2 N–H and O–H groups in total. The zero-order valence-electron chi connectivity index (χ0n) is 8.09. The van der Waals surface area contributed by atoms with Crippen molar-refractivity contribution in [3.63, 3.8) is 0 Å². The SMILES string of the molecule is O=S1(=O)C[C@H](O)[C@H](NCc2ccco2)C1. The minimum Gasteiger partial charge on any atom is -0.468 e. The van der Waals surface area contributed by atoms with Gasteiger partial charge in [0.15, 0.2) is 9.84 Å². The highest BCUT2D eigenvalue weighted by Gasteiger charge is 2.35. The van der Waals surface area contributed by atoms with Crippen molar-refractivity contribution in [1.82, 2.24) is 5.32 Å². The number of nitrogens with one attached hydrogen (secondary N) is 1. The second kappa shape index (κ2) is 3.96. The van der Waals surface area contributed by atoms with E-state index in [9.17, 15) is 13.5 Å². The lowest BCUT2D eigenvalue weighted by atomic mass is 10.2. The predicted octanol–water partition coefficient (Wildman–Crippen LogP) is -0.473. The van der Waals surface area contributed by atoms with Gasteiger partial charge in [0.2, 0.25) is 0 Å². The molecule has 1 aliphatic heterocycles. The highest BCUT2D eigenvalue weighted by molar-refractivity contribution is 7.91. The molecule has 0 aromatic carbocycles. The number of aliphatic hydroxyl groups excluding tert-OH is 1. The molecule has 1 aliphatic rings. The van der Waals surface area contributed by atoms with Crippen LogP contribution >= 0.6 is 0 Å². The van der Waals surface area contributed by atoms with Gasteiger partial charge in [-0.2, -0.15) is 0 Å². The number of sulfone groups is 1. The zero-order chi connectivity index (χ0) is 10.9. The van der Waals surface area contributed by atoms with Gasteiger partial charge in [-0.25, -0.2) is 8.42 Å². The maximum atomic E-state index is 11.2. The van der Waals surface area contributed by atoms with Crippen LogP contribution in [-0.4, -0.2) is 37.2 Å².